The molecular formula is C20H24N2O3S. The van der Waals surface area contributed by atoms with E-state index in [9.17, 15) is 9.59 Å². The zero-order valence-electron chi connectivity index (χ0n) is 14.9. The number of rotatable bonds is 7. The van der Waals surface area contributed by atoms with Crippen molar-refractivity contribution in [2.24, 2.45) is 5.92 Å². The fourth-order valence-corrected chi connectivity index (χ4v) is 4.06. The van der Waals surface area contributed by atoms with Crippen LogP contribution in [0.25, 0.3) is 0 Å². The number of piperidine rings is 1. The minimum absolute atomic E-state index is 0.0405. The summed E-state index contributed by atoms with van der Waals surface area (Å²) in [5.74, 6) is 0.893. The molecule has 0 saturated carbocycles. The molecule has 1 aliphatic rings. The number of hydrogen-bond donors (Lipinski definition) is 1. The number of hydrogen-bond acceptors (Lipinski definition) is 5. The van der Waals surface area contributed by atoms with E-state index in [0.29, 0.717) is 24.4 Å². The van der Waals surface area contributed by atoms with Gasteiger partial charge in [-0.1, -0.05) is 18.2 Å². The largest absolute Gasteiger partial charge is 0.495 e. The van der Waals surface area contributed by atoms with Crippen LogP contribution in [-0.2, 0) is 4.79 Å². The van der Waals surface area contributed by atoms with Crippen molar-refractivity contribution >= 4 is 28.7 Å². The zero-order chi connectivity index (χ0) is 18.4. The molecule has 0 aliphatic carbocycles. The number of nitrogens with zero attached hydrogens (tertiary/aromatic N) is 1. The van der Waals surface area contributed by atoms with Crippen LogP contribution in [0.2, 0.25) is 0 Å². The second kappa shape index (κ2) is 8.96. The highest BCUT2D eigenvalue weighted by atomic mass is 32.1. The number of amides is 1. The lowest BCUT2D eigenvalue weighted by atomic mass is 9.93. The number of thiophene rings is 1. The van der Waals surface area contributed by atoms with Crippen molar-refractivity contribution in [2.75, 3.05) is 32.1 Å². The number of carbonyl (C=O) groups excluding carboxylic acids is 2. The molecule has 1 aliphatic heterocycles. The van der Waals surface area contributed by atoms with E-state index in [-0.39, 0.29) is 17.6 Å². The van der Waals surface area contributed by atoms with Gasteiger partial charge in [-0.05, 0) is 43.0 Å². The summed E-state index contributed by atoms with van der Waals surface area (Å²) in [6.45, 7) is 2.34. The third-order valence-corrected chi connectivity index (χ3v) is 5.56. The highest BCUT2D eigenvalue weighted by Crippen LogP contribution is 2.24. The molecule has 1 saturated heterocycles. The molecule has 1 amide bonds. The Bertz CT molecular complexity index is 745. The highest BCUT2D eigenvalue weighted by Gasteiger charge is 2.27. The Morgan fingerprint density at radius 3 is 2.88 bits per heavy atom. The molecule has 1 aromatic carbocycles. The van der Waals surface area contributed by atoms with Crippen molar-refractivity contribution < 1.29 is 14.3 Å². The van der Waals surface area contributed by atoms with Crippen LogP contribution in [-0.4, -0.2) is 43.3 Å². The summed E-state index contributed by atoms with van der Waals surface area (Å²) in [5.41, 5.74) is 0.685. The van der Waals surface area contributed by atoms with Crippen LogP contribution < -0.4 is 10.1 Å². The molecule has 1 atom stereocenters. The highest BCUT2D eigenvalue weighted by molar-refractivity contribution is 7.12. The van der Waals surface area contributed by atoms with Crippen molar-refractivity contribution in [2.45, 2.75) is 19.3 Å². The van der Waals surface area contributed by atoms with Gasteiger partial charge in [0.2, 0.25) is 5.91 Å². The summed E-state index contributed by atoms with van der Waals surface area (Å²) in [5, 5.41) is 4.84. The summed E-state index contributed by atoms with van der Waals surface area (Å²) in [7, 11) is 1.59. The average molecular weight is 372 g/mol. The molecule has 0 unspecified atom stereocenters. The van der Waals surface area contributed by atoms with Gasteiger partial charge in [-0.2, -0.15) is 0 Å². The lowest BCUT2D eigenvalue weighted by Gasteiger charge is -2.31. The topological polar surface area (TPSA) is 58.6 Å². The van der Waals surface area contributed by atoms with E-state index in [0.717, 1.165) is 30.8 Å². The number of ketones is 1. The second-order valence-corrected chi connectivity index (χ2v) is 7.43. The maximum atomic E-state index is 12.5. The summed E-state index contributed by atoms with van der Waals surface area (Å²) in [6, 6.07) is 11.2. The number of likely N-dealkylation sites (tertiary alicyclic amines) is 1. The quantitative estimate of drug-likeness (QED) is 0.753. The first kappa shape index (κ1) is 18.6. The predicted molar refractivity (Wildman–Crippen MR) is 104 cm³/mol. The summed E-state index contributed by atoms with van der Waals surface area (Å²) in [6.07, 6.45) is 2.33. The summed E-state index contributed by atoms with van der Waals surface area (Å²) < 4.78 is 5.25. The maximum absolute atomic E-state index is 12.5. The Hall–Kier alpha value is -2.18. The molecule has 1 fully saturated rings. The van der Waals surface area contributed by atoms with Crippen LogP contribution in [0.5, 0.6) is 5.75 Å². The predicted octanol–water partition coefficient (Wildman–Crippen LogP) is 3.68. The Morgan fingerprint density at radius 1 is 1.27 bits per heavy atom. The van der Waals surface area contributed by atoms with Crippen molar-refractivity contribution in [3.8, 4) is 5.75 Å². The molecule has 2 aromatic rings. The first-order valence-electron chi connectivity index (χ1n) is 8.90. The van der Waals surface area contributed by atoms with E-state index >= 15 is 0 Å². The van der Waals surface area contributed by atoms with Gasteiger partial charge in [-0.15, -0.1) is 11.3 Å². The average Bonchev–Trinajstić information content (AvgIpc) is 3.21. The van der Waals surface area contributed by atoms with E-state index in [2.05, 4.69) is 10.2 Å². The third-order valence-electron chi connectivity index (χ3n) is 4.68. The maximum Gasteiger partial charge on any atom is 0.225 e. The van der Waals surface area contributed by atoms with E-state index in [4.69, 9.17) is 4.74 Å². The molecule has 5 nitrogen and oxygen atoms in total. The van der Waals surface area contributed by atoms with Crippen molar-refractivity contribution in [1.29, 1.82) is 0 Å². The van der Waals surface area contributed by atoms with Gasteiger partial charge >= 0.3 is 0 Å². The molecule has 26 heavy (non-hydrogen) atoms. The third kappa shape index (κ3) is 4.71. The lowest BCUT2D eigenvalue weighted by molar-refractivity contribution is -0.116. The Labute approximate surface area is 158 Å². The monoisotopic (exact) mass is 372 g/mol. The number of carbonyl (C=O) groups is 2. The van der Waals surface area contributed by atoms with Gasteiger partial charge in [-0.3, -0.25) is 9.59 Å². The molecule has 0 bridgehead atoms. The van der Waals surface area contributed by atoms with Gasteiger partial charge in [0.05, 0.1) is 17.7 Å². The molecule has 3 rings (SSSR count). The summed E-state index contributed by atoms with van der Waals surface area (Å²) >= 11 is 1.50. The smallest absolute Gasteiger partial charge is 0.225 e. The Morgan fingerprint density at radius 2 is 2.12 bits per heavy atom. The molecular weight excluding hydrogens is 348 g/mol. The number of benzene rings is 1. The van der Waals surface area contributed by atoms with E-state index in [1.807, 2.05) is 41.8 Å². The lowest BCUT2D eigenvalue weighted by Crippen LogP contribution is -2.40. The number of anilines is 1. The SMILES string of the molecule is COc1ccccc1NC(=O)CCN1CCC[C@@H](C(=O)c2cccs2)C1. The Kier molecular flexibility index (Phi) is 6.41. The molecule has 0 spiro atoms. The second-order valence-electron chi connectivity index (χ2n) is 6.48. The zero-order valence-corrected chi connectivity index (χ0v) is 15.8. The van der Waals surface area contributed by atoms with Crippen LogP contribution in [0.3, 0.4) is 0 Å². The van der Waals surface area contributed by atoms with Crippen LogP contribution >= 0.6 is 11.3 Å². The normalized spacial score (nSPS) is 17.7. The number of ether oxygens (including phenoxy) is 1. The van der Waals surface area contributed by atoms with Crippen LogP contribution in [0.4, 0.5) is 5.69 Å². The summed E-state index contributed by atoms with van der Waals surface area (Å²) in [4.78, 5) is 27.9. The minimum Gasteiger partial charge on any atom is -0.495 e. The van der Waals surface area contributed by atoms with Gasteiger partial charge < -0.3 is 15.0 Å². The van der Waals surface area contributed by atoms with Crippen LogP contribution in [0.15, 0.2) is 41.8 Å². The van der Waals surface area contributed by atoms with E-state index in [1.165, 1.54) is 11.3 Å². The number of Topliss-reactive ketones (excluding diaryl/α,β-unsaturated/α-hetero) is 1. The van der Waals surface area contributed by atoms with E-state index < -0.39 is 0 Å². The molecule has 1 N–H and O–H groups in total. The standard InChI is InChI=1S/C20H24N2O3S/c1-25-17-8-3-2-7-16(17)21-19(23)10-12-22-11-4-6-15(14-22)20(24)18-9-5-13-26-18/h2-3,5,7-9,13,15H,4,6,10-12,14H2,1H3,(H,21,23)/t15-/m1/s1. The van der Waals surface area contributed by atoms with Gasteiger partial charge in [-0.25, -0.2) is 0 Å². The Balaban J connectivity index is 1.49. The molecule has 0 radical (unpaired) electrons. The van der Waals surface area contributed by atoms with Crippen LogP contribution in [0.1, 0.15) is 28.9 Å². The molecule has 2 heterocycles. The first-order chi connectivity index (χ1) is 12.7. The number of methoxy groups -OCH3 is 1. The van der Waals surface area contributed by atoms with Crippen molar-refractivity contribution in [1.82, 2.24) is 4.90 Å². The van der Waals surface area contributed by atoms with Crippen molar-refractivity contribution in [3.05, 3.63) is 46.7 Å². The number of para-hydroxylation sites is 2. The van der Waals surface area contributed by atoms with Gasteiger partial charge in [0.1, 0.15) is 5.75 Å². The molecule has 1 aromatic heterocycles. The molecule has 138 valence electrons. The van der Waals surface area contributed by atoms with Gasteiger partial charge in [0.15, 0.2) is 5.78 Å². The fourth-order valence-electron chi connectivity index (χ4n) is 3.31. The minimum atomic E-state index is -0.0405. The van der Waals surface area contributed by atoms with Gasteiger partial charge in [0.25, 0.3) is 0 Å². The van der Waals surface area contributed by atoms with Crippen molar-refractivity contribution in [3.63, 3.8) is 0 Å². The number of nitrogens with one attached hydrogen (secondary N) is 1. The molecule has 6 heteroatoms. The van der Waals surface area contributed by atoms with E-state index in [1.54, 1.807) is 7.11 Å². The first-order valence-corrected chi connectivity index (χ1v) is 9.78. The fraction of sp³-hybridized carbons (Fsp3) is 0.400. The van der Waals surface area contributed by atoms with Gasteiger partial charge in [0, 0.05) is 25.4 Å². The van der Waals surface area contributed by atoms with Crippen LogP contribution in [0, 0.1) is 5.92 Å².